The summed E-state index contributed by atoms with van der Waals surface area (Å²) in [5.74, 6) is -0.0995. The van der Waals surface area contributed by atoms with E-state index in [0.29, 0.717) is 21.9 Å². The lowest BCUT2D eigenvalue weighted by molar-refractivity contribution is -0.384. The van der Waals surface area contributed by atoms with Crippen molar-refractivity contribution >= 4 is 51.7 Å². The van der Waals surface area contributed by atoms with Crippen molar-refractivity contribution in [2.75, 3.05) is 12.0 Å². The molecule has 1 saturated heterocycles. The predicted molar refractivity (Wildman–Crippen MR) is 103 cm³/mol. The molecule has 0 aromatic heterocycles. The molecule has 0 atom stereocenters. The van der Waals surface area contributed by atoms with Crippen molar-refractivity contribution in [1.29, 1.82) is 0 Å². The lowest BCUT2D eigenvalue weighted by Gasteiger charge is -2.13. The molecule has 1 amide bonds. The Morgan fingerprint density at radius 1 is 1.31 bits per heavy atom. The van der Waals surface area contributed by atoms with Crippen LogP contribution in [0.3, 0.4) is 0 Å². The third-order valence-electron chi connectivity index (χ3n) is 3.59. The van der Waals surface area contributed by atoms with E-state index < -0.39 is 4.92 Å². The number of benzene rings is 2. The molecule has 1 heterocycles. The summed E-state index contributed by atoms with van der Waals surface area (Å²) in [7, 11) is 1.44. The number of methoxy groups -OCH3 is 1. The Balaban J connectivity index is 1.93. The molecule has 1 aliphatic heterocycles. The molecular formula is C17H12N2O5S2. The minimum Gasteiger partial charge on any atom is -0.504 e. The van der Waals surface area contributed by atoms with Crippen LogP contribution in [0.1, 0.15) is 5.56 Å². The maximum Gasteiger partial charge on any atom is 0.271 e. The number of hydrogen-bond donors (Lipinski definition) is 1. The number of carbonyl (C=O) groups is 1. The van der Waals surface area contributed by atoms with Gasteiger partial charge in [0, 0.05) is 12.1 Å². The molecule has 26 heavy (non-hydrogen) atoms. The predicted octanol–water partition coefficient (Wildman–Crippen LogP) is 3.71. The second-order valence-electron chi connectivity index (χ2n) is 5.23. The van der Waals surface area contributed by atoms with E-state index in [0.717, 1.165) is 11.8 Å². The number of phenols is 1. The van der Waals surface area contributed by atoms with E-state index >= 15 is 0 Å². The number of phenolic OH excluding ortho intramolecular Hbond substituents is 1. The van der Waals surface area contributed by atoms with E-state index in [1.54, 1.807) is 24.3 Å². The zero-order chi connectivity index (χ0) is 18.8. The summed E-state index contributed by atoms with van der Waals surface area (Å²) in [6, 6.07) is 10.5. The number of amides is 1. The van der Waals surface area contributed by atoms with Gasteiger partial charge in [0.15, 0.2) is 15.8 Å². The van der Waals surface area contributed by atoms with Crippen LogP contribution in [0.4, 0.5) is 11.4 Å². The monoisotopic (exact) mass is 388 g/mol. The SMILES string of the molecule is COc1ccc(/C=C2\SC(=S)N(c3cccc([N+](=O)[O-])c3)C2=O)cc1O. The van der Waals surface area contributed by atoms with E-state index in [1.165, 1.54) is 36.3 Å². The number of carbonyl (C=O) groups excluding carboxylic acids is 1. The van der Waals surface area contributed by atoms with Gasteiger partial charge in [-0.25, -0.2) is 0 Å². The minimum atomic E-state index is -0.531. The van der Waals surface area contributed by atoms with E-state index in [4.69, 9.17) is 17.0 Å². The largest absolute Gasteiger partial charge is 0.504 e. The molecule has 2 aromatic rings. The van der Waals surface area contributed by atoms with Crippen LogP contribution in [0.15, 0.2) is 47.4 Å². The smallest absolute Gasteiger partial charge is 0.271 e. The average molecular weight is 388 g/mol. The topological polar surface area (TPSA) is 92.9 Å². The normalized spacial score (nSPS) is 15.6. The maximum absolute atomic E-state index is 12.7. The number of thiocarbonyl (C=S) groups is 1. The Morgan fingerprint density at radius 2 is 2.08 bits per heavy atom. The summed E-state index contributed by atoms with van der Waals surface area (Å²) < 4.78 is 5.26. The number of hydrogen-bond acceptors (Lipinski definition) is 7. The lowest BCUT2D eigenvalue weighted by atomic mass is 10.2. The molecule has 0 saturated carbocycles. The Morgan fingerprint density at radius 3 is 2.73 bits per heavy atom. The molecule has 1 aliphatic rings. The highest BCUT2D eigenvalue weighted by atomic mass is 32.2. The van der Waals surface area contributed by atoms with Gasteiger partial charge in [-0.2, -0.15) is 0 Å². The molecule has 0 spiro atoms. The van der Waals surface area contributed by atoms with Crippen LogP contribution in [0.5, 0.6) is 11.5 Å². The fraction of sp³-hybridized carbons (Fsp3) is 0.0588. The zero-order valence-corrected chi connectivity index (χ0v) is 15.0. The van der Waals surface area contributed by atoms with E-state index in [1.807, 2.05) is 0 Å². The van der Waals surface area contributed by atoms with Crippen molar-refractivity contribution in [3.8, 4) is 11.5 Å². The van der Waals surface area contributed by atoms with E-state index in [9.17, 15) is 20.0 Å². The number of rotatable bonds is 4. The summed E-state index contributed by atoms with van der Waals surface area (Å²) in [6.07, 6.45) is 1.59. The first-order chi connectivity index (χ1) is 12.4. The van der Waals surface area contributed by atoms with Gasteiger partial charge in [-0.3, -0.25) is 19.8 Å². The summed E-state index contributed by atoms with van der Waals surface area (Å²) >= 11 is 6.34. The highest BCUT2D eigenvalue weighted by Crippen LogP contribution is 2.37. The van der Waals surface area contributed by atoms with Crippen molar-refractivity contribution in [2.24, 2.45) is 0 Å². The number of ether oxygens (including phenoxy) is 1. The van der Waals surface area contributed by atoms with Gasteiger partial charge in [0.05, 0.1) is 22.6 Å². The van der Waals surface area contributed by atoms with E-state index in [2.05, 4.69) is 0 Å². The Hall–Kier alpha value is -2.91. The number of anilines is 1. The van der Waals surface area contributed by atoms with Crippen molar-refractivity contribution < 1.29 is 19.6 Å². The Bertz CT molecular complexity index is 958. The molecule has 7 nitrogen and oxygen atoms in total. The third kappa shape index (κ3) is 3.39. The first-order valence-corrected chi connectivity index (χ1v) is 8.52. The summed E-state index contributed by atoms with van der Waals surface area (Å²) in [6.45, 7) is 0. The highest BCUT2D eigenvalue weighted by molar-refractivity contribution is 8.27. The number of nitro benzene ring substituents is 1. The van der Waals surface area contributed by atoms with Gasteiger partial charge in [0.1, 0.15) is 0 Å². The third-order valence-corrected chi connectivity index (χ3v) is 4.90. The number of non-ortho nitro benzene ring substituents is 1. The van der Waals surface area contributed by atoms with Crippen LogP contribution < -0.4 is 9.64 Å². The van der Waals surface area contributed by atoms with Gasteiger partial charge in [0.2, 0.25) is 0 Å². The lowest BCUT2D eigenvalue weighted by Crippen LogP contribution is -2.27. The van der Waals surface area contributed by atoms with E-state index in [-0.39, 0.29) is 21.7 Å². The molecule has 1 N–H and O–H groups in total. The average Bonchev–Trinajstić information content (AvgIpc) is 2.88. The summed E-state index contributed by atoms with van der Waals surface area (Å²) in [5.41, 5.74) is 0.811. The molecule has 0 bridgehead atoms. The highest BCUT2D eigenvalue weighted by Gasteiger charge is 2.33. The molecule has 0 aliphatic carbocycles. The maximum atomic E-state index is 12.7. The van der Waals surface area contributed by atoms with Crippen molar-refractivity contribution in [3.05, 3.63) is 63.0 Å². The number of thioether (sulfide) groups is 1. The molecular weight excluding hydrogens is 376 g/mol. The van der Waals surface area contributed by atoms with Gasteiger partial charge in [-0.05, 0) is 29.8 Å². The number of aromatic hydroxyl groups is 1. The van der Waals surface area contributed by atoms with Gasteiger partial charge < -0.3 is 9.84 Å². The van der Waals surface area contributed by atoms with Crippen LogP contribution >= 0.6 is 24.0 Å². The molecule has 1 fully saturated rings. The van der Waals surface area contributed by atoms with Gasteiger partial charge in [-0.1, -0.05) is 36.1 Å². The second kappa shape index (κ2) is 7.14. The van der Waals surface area contributed by atoms with Crippen LogP contribution in [0, 0.1) is 10.1 Å². The first-order valence-electron chi connectivity index (χ1n) is 7.30. The van der Waals surface area contributed by atoms with Crippen LogP contribution in [0.2, 0.25) is 0 Å². The van der Waals surface area contributed by atoms with Gasteiger partial charge in [0.25, 0.3) is 11.6 Å². The first kappa shape index (κ1) is 17.9. The van der Waals surface area contributed by atoms with Crippen molar-refractivity contribution in [2.45, 2.75) is 0 Å². The van der Waals surface area contributed by atoms with Gasteiger partial charge >= 0.3 is 0 Å². The van der Waals surface area contributed by atoms with Crippen molar-refractivity contribution in [3.63, 3.8) is 0 Å². The zero-order valence-electron chi connectivity index (χ0n) is 13.4. The molecule has 0 radical (unpaired) electrons. The molecule has 9 heteroatoms. The fourth-order valence-electron chi connectivity index (χ4n) is 2.38. The van der Waals surface area contributed by atoms with Crippen LogP contribution in [0.25, 0.3) is 6.08 Å². The second-order valence-corrected chi connectivity index (χ2v) is 6.90. The fourth-order valence-corrected chi connectivity index (χ4v) is 3.68. The van der Waals surface area contributed by atoms with Gasteiger partial charge in [-0.15, -0.1) is 0 Å². The Labute approximate surface area is 158 Å². The summed E-state index contributed by atoms with van der Waals surface area (Å²) in [4.78, 5) is 24.7. The summed E-state index contributed by atoms with van der Waals surface area (Å²) in [5, 5.41) is 20.8. The number of nitro groups is 1. The molecule has 0 unspecified atom stereocenters. The standard InChI is InChI=1S/C17H12N2O5S2/c1-24-14-6-5-10(7-13(14)20)8-15-16(21)18(17(25)26-15)11-3-2-4-12(9-11)19(22)23/h2-9,20H,1H3/b15-8-. The van der Waals surface area contributed by atoms with Crippen molar-refractivity contribution in [1.82, 2.24) is 0 Å². The van der Waals surface area contributed by atoms with Crippen LogP contribution in [-0.2, 0) is 4.79 Å². The van der Waals surface area contributed by atoms with Crippen LogP contribution in [-0.4, -0.2) is 27.4 Å². The minimum absolute atomic E-state index is 0.0459. The molecule has 3 rings (SSSR count). The quantitative estimate of drug-likeness (QED) is 0.369. The molecule has 132 valence electrons. The number of nitrogens with zero attached hydrogens (tertiary/aromatic N) is 2. The Kier molecular flexibility index (Phi) is 4.92. The molecule has 2 aromatic carbocycles.